The van der Waals surface area contributed by atoms with E-state index in [0.717, 1.165) is 38.2 Å². The average Bonchev–Trinajstić information content (AvgIpc) is 3.02. The van der Waals surface area contributed by atoms with Crippen LogP contribution < -0.4 is 10.6 Å². The van der Waals surface area contributed by atoms with Crippen molar-refractivity contribution in [2.45, 2.75) is 57.9 Å². The van der Waals surface area contributed by atoms with E-state index in [1.165, 1.54) is 6.42 Å². The SMILES string of the molecule is CC(C)C(NC(=O)CCC1CCNC1)c1nc(C2CC2)no1.Cl. The van der Waals surface area contributed by atoms with Crippen LogP contribution in [0.2, 0.25) is 0 Å². The molecule has 1 amide bonds. The number of aromatic nitrogens is 2. The number of amides is 1. The Morgan fingerprint density at radius 3 is 2.78 bits per heavy atom. The zero-order chi connectivity index (χ0) is 15.5. The highest BCUT2D eigenvalue weighted by Crippen LogP contribution is 2.38. The molecule has 2 unspecified atom stereocenters. The van der Waals surface area contributed by atoms with Gasteiger partial charge in [-0.2, -0.15) is 4.98 Å². The fourth-order valence-corrected chi connectivity index (χ4v) is 2.94. The van der Waals surface area contributed by atoms with Crippen LogP contribution in [0.1, 0.15) is 69.6 Å². The Kier molecular flexibility index (Phi) is 6.41. The molecule has 1 aliphatic heterocycles. The van der Waals surface area contributed by atoms with Gasteiger partial charge in [0.15, 0.2) is 5.82 Å². The standard InChI is InChI=1S/C16H26N4O2.ClH/c1-10(2)14(16-19-15(20-22-16)12-4-5-12)18-13(21)6-3-11-7-8-17-9-11;/h10-12,14,17H,3-9H2,1-2H3,(H,18,21);1H. The molecule has 3 rings (SSSR count). The summed E-state index contributed by atoms with van der Waals surface area (Å²) in [6, 6.07) is -0.186. The summed E-state index contributed by atoms with van der Waals surface area (Å²) >= 11 is 0. The Morgan fingerprint density at radius 2 is 2.17 bits per heavy atom. The van der Waals surface area contributed by atoms with Crippen molar-refractivity contribution >= 4 is 18.3 Å². The summed E-state index contributed by atoms with van der Waals surface area (Å²) in [5, 5.41) is 10.5. The third-order valence-electron chi connectivity index (χ3n) is 4.59. The lowest BCUT2D eigenvalue weighted by Gasteiger charge is -2.19. The van der Waals surface area contributed by atoms with Gasteiger partial charge in [0.25, 0.3) is 0 Å². The molecule has 0 aromatic carbocycles. The largest absolute Gasteiger partial charge is 0.344 e. The number of rotatable bonds is 7. The first kappa shape index (κ1) is 18.2. The molecular formula is C16H27ClN4O2. The van der Waals surface area contributed by atoms with Gasteiger partial charge in [-0.15, -0.1) is 12.4 Å². The van der Waals surface area contributed by atoms with Crippen molar-refractivity contribution in [3.8, 4) is 0 Å². The van der Waals surface area contributed by atoms with E-state index in [0.29, 0.717) is 24.1 Å². The van der Waals surface area contributed by atoms with Crippen LogP contribution in [0.25, 0.3) is 0 Å². The van der Waals surface area contributed by atoms with E-state index in [1.54, 1.807) is 0 Å². The predicted molar refractivity (Wildman–Crippen MR) is 89.5 cm³/mol. The summed E-state index contributed by atoms with van der Waals surface area (Å²) in [5.74, 6) is 2.75. The lowest BCUT2D eigenvalue weighted by Crippen LogP contribution is -2.32. The summed E-state index contributed by atoms with van der Waals surface area (Å²) in [6.45, 7) is 6.24. The van der Waals surface area contributed by atoms with Gasteiger partial charge in [-0.25, -0.2) is 0 Å². The molecule has 130 valence electrons. The third-order valence-corrected chi connectivity index (χ3v) is 4.59. The minimum Gasteiger partial charge on any atom is -0.344 e. The minimum atomic E-state index is -0.186. The highest BCUT2D eigenvalue weighted by molar-refractivity contribution is 5.85. The lowest BCUT2D eigenvalue weighted by atomic mass is 10.0. The smallest absolute Gasteiger partial charge is 0.249 e. The number of hydrogen-bond donors (Lipinski definition) is 2. The minimum absolute atomic E-state index is 0. The Bertz CT molecular complexity index is 510. The Balaban J connectivity index is 0.00000192. The predicted octanol–water partition coefficient (Wildman–Crippen LogP) is 2.57. The zero-order valence-electron chi connectivity index (χ0n) is 13.9. The molecule has 6 nitrogen and oxygen atoms in total. The maximum Gasteiger partial charge on any atom is 0.249 e. The summed E-state index contributed by atoms with van der Waals surface area (Å²) < 4.78 is 5.38. The van der Waals surface area contributed by atoms with Crippen molar-refractivity contribution in [1.82, 2.24) is 20.8 Å². The molecule has 1 saturated heterocycles. The molecule has 0 spiro atoms. The maximum absolute atomic E-state index is 12.2. The van der Waals surface area contributed by atoms with E-state index in [2.05, 4.69) is 34.6 Å². The summed E-state index contributed by atoms with van der Waals surface area (Å²) in [4.78, 5) is 16.7. The summed E-state index contributed by atoms with van der Waals surface area (Å²) in [7, 11) is 0. The molecule has 2 aliphatic rings. The van der Waals surface area contributed by atoms with Gasteiger partial charge < -0.3 is 15.2 Å². The Morgan fingerprint density at radius 1 is 1.39 bits per heavy atom. The number of nitrogens with zero attached hydrogens (tertiary/aromatic N) is 2. The summed E-state index contributed by atoms with van der Waals surface area (Å²) in [6.07, 6.45) is 4.98. The molecule has 1 aromatic heterocycles. The van der Waals surface area contributed by atoms with Gasteiger partial charge in [-0.1, -0.05) is 19.0 Å². The van der Waals surface area contributed by atoms with Gasteiger partial charge >= 0.3 is 0 Å². The second-order valence-electron chi connectivity index (χ2n) is 6.95. The van der Waals surface area contributed by atoms with Crippen molar-refractivity contribution in [3.05, 3.63) is 11.7 Å². The van der Waals surface area contributed by atoms with Crippen LogP contribution in [0, 0.1) is 11.8 Å². The zero-order valence-corrected chi connectivity index (χ0v) is 14.7. The van der Waals surface area contributed by atoms with E-state index in [1.807, 2.05) is 0 Å². The second kappa shape index (κ2) is 8.11. The molecule has 23 heavy (non-hydrogen) atoms. The highest BCUT2D eigenvalue weighted by Gasteiger charge is 2.31. The maximum atomic E-state index is 12.2. The van der Waals surface area contributed by atoms with Crippen molar-refractivity contribution < 1.29 is 9.32 Å². The highest BCUT2D eigenvalue weighted by atomic mass is 35.5. The fourth-order valence-electron chi connectivity index (χ4n) is 2.94. The quantitative estimate of drug-likeness (QED) is 0.796. The van der Waals surface area contributed by atoms with E-state index in [4.69, 9.17) is 4.52 Å². The second-order valence-corrected chi connectivity index (χ2v) is 6.95. The molecule has 2 N–H and O–H groups in total. The third kappa shape index (κ3) is 4.91. The molecule has 2 heterocycles. The first-order chi connectivity index (χ1) is 10.6. The van der Waals surface area contributed by atoms with Crippen LogP contribution in [-0.2, 0) is 4.79 Å². The molecule has 1 aliphatic carbocycles. The normalized spacial score (nSPS) is 22.0. The Hall–Kier alpha value is -1.14. The Labute approximate surface area is 143 Å². The number of carbonyl (C=O) groups excluding carboxylic acids is 1. The van der Waals surface area contributed by atoms with Gasteiger partial charge in [0.05, 0.1) is 0 Å². The topological polar surface area (TPSA) is 80.0 Å². The van der Waals surface area contributed by atoms with Crippen LogP contribution in [0.5, 0.6) is 0 Å². The lowest BCUT2D eigenvalue weighted by molar-refractivity contribution is -0.122. The van der Waals surface area contributed by atoms with E-state index >= 15 is 0 Å². The van der Waals surface area contributed by atoms with Crippen molar-refractivity contribution in [2.75, 3.05) is 13.1 Å². The monoisotopic (exact) mass is 342 g/mol. The van der Waals surface area contributed by atoms with Crippen molar-refractivity contribution in [1.29, 1.82) is 0 Å². The van der Waals surface area contributed by atoms with Gasteiger partial charge in [0, 0.05) is 12.3 Å². The molecule has 0 bridgehead atoms. The van der Waals surface area contributed by atoms with E-state index < -0.39 is 0 Å². The number of nitrogens with one attached hydrogen (secondary N) is 2. The summed E-state index contributed by atoms with van der Waals surface area (Å²) in [5.41, 5.74) is 0. The van der Waals surface area contributed by atoms with Gasteiger partial charge in [-0.05, 0) is 50.6 Å². The number of hydrogen-bond acceptors (Lipinski definition) is 5. The first-order valence-corrected chi connectivity index (χ1v) is 8.47. The van der Waals surface area contributed by atoms with Gasteiger partial charge in [0.1, 0.15) is 6.04 Å². The average molecular weight is 343 g/mol. The van der Waals surface area contributed by atoms with Gasteiger partial charge in [0.2, 0.25) is 11.8 Å². The fraction of sp³-hybridized carbons (Fsp3) is 0.812. The molecule has 0 radical (unpaired) electrons. The van der Waals surface area contributed by atoms with Crippen molar-refractivity contribution in [2.24, 2.45) is 11.8 Å². The van der Waals surface area contributed by atoms with E-state index in [9.17, 15) is 4.79 Å². The van der Waals surface area contributed by atoms with Crippen LogP contribution in [-0.4, -0.2) is 29.1 Å². The van der Waals surface area contributed by atoms with Gasteiger partial charge in [-0.3, -0.25) is 4.79 Å². The molecule has 1 saturated carbocycles. The van der Waals surface area contributed by atoms with Crippen LogP contribution in [0.4, 0.5) is 0 Å². The van der Waals surface area contributed by atoms with Crippen LogP contribution >= 0.6 is 12.4 Å². The molecule has 2 fully saturated rings. The van der Waals surface area contributed by atoms with Crippen LogP contribution in [0.3, 0.4) is 0 Å². The first-order valence-electron chi connectivity index (χ1n) is 8.47. The number of halogens is 1. The van der Waals surface area contributed by atoms with Crippen LogP contribution in [0.15, 0.2) is 4.52 Å². The molecule has 1 aromatic rings. The molecule has 2 atom stereocenters. The van der Waals surface area contributed by atoms with Crippen molar-refractivity contribution in [3.63, 3.8) is 0 Å². The molecular weight excluding hydrogens is 316 g/mol. The molecule has 7 heteroatoms. The number of carbonyl (C=O) groups is 1. The van der Waals surface area contributed by atoms with E-state index in [-0.39, 0.29) is 30.3 Å².